The number of rotatable bonds is 9. The van der Waals surface area contributed by atoms with E-state index in [1.165, 1.54) is 43.5 Å². The molecule has 0 radical (unpaired) electrons. The van der Waals surface area contributed by atoms with Crippen LogP contribution in [0.4, 0.5) is 4.39 Å². The zero-order valence-electron chi connectivity index (χ0n) is 17.5. The third kappa shape index (κ3) is 4.48. The van der Waals surface area contributed by atoms with E-state index >= 15 is 0 Å². The smallest absolute Gasteiger partial charge is 0.230 e. The highest BCUT2D eigenvalue weighted by Crippen LogP contribution is 2.52. The summed E-state index contributed by atoms with van der Waals surface area (Å²) in [5.41, 5.74) is 0. The Balaban J connectivity index is 1.54. The number of halogens is 1. The molecule has 8 heteroatoms. The molecule has 2 saturated carbocycles. The summed E-state index contributed by atoms with van der Waals surface area (Å²) >= 11 is 1.40. The largest absolute Gasteiger partial charge is 0.483 e. The van der Waals surface area contributed by atoms with Crippen molar-refractivity contribution in [2.24, 2.45) is 17.8 Å². The predicted molar refractivity (Wildman–Crippen MR) is 114 cm³/mol. The van der Waals surface area contributed by atoms with Crippen molar-refractivity contribution in [2.75, 3.05) is 12.3 Å². The second-order valence-corrected chi connectivity index (χ2v) is 9.25. The Hall–Kier alpha value is -2.09. The Bertz CT molecular complexity index is 890. The molecule has 0 saturated heterocycles. The maximum absolute atomic E-state index is 14.0. The summed E-state index contributed by atoms with van der Waals surface area (Å²) < 4.78 is 21.8. The molecule has 30 heavy (non-hydrogen) atoms. The van der Waals surface area contributed by atoms with Gasteiger partial charge in [0.05, 0.1) is 5.75 Å². The molecule has 1 aromatic heterocycles. The number of aromatic nitrogens is 3. The first kappa shape index (κ1) is 21.2. The van der Waals surface area contributed by atoms with E-state index in [0.29, 0.717) is 24.0 Å². The van der Waals surface area contributed by atoms with Gasteiger partial charge in [0.1, 0.15) is 6.61 Å². The highest BCUT2D eigenvalue weighted by molar-refractivity contribution is 7.99. The monoisotopic (exact) mass is 432 g/mol. The number of carbonyl (C=O) groups excluding carboxylic acids is 1. The first-order chi connectivity index (χ1) is 14.6. The molecule has 6 nitrogen and oxygen atoms in total. The van der Waals surface area contributed by atoms with Gasteiger partial charge in [-0.15, -0.1) is 10.2 Å². The Labute approximate surface area is 181 Å². The summed E-state index contributed by atoms with van der Waals surface area (Å²) in [6, 6.07) is 6.59. The van der Waals surface area contributed by atoms with Crippen LogP contribution in [0.15, 0.2) is 29.4 Å². The maximum atomic E-state index is 14.0. The van der Waals surface area contributed by atoms with Crippen LogP contribution < -0.4 is 10.1 Å². The summed E-state index contributed by atoms with van der Waals surface area (Å²) in [5.74, 6) is 2.92. The summed E-state index contributed by atoms with van der Waals surface area (Å²) in [6.07, 6.45) is 5.19. The van der Waals surface area contributed by atoms with Crippen LogP contribution >= 0.6 is 11.8 Å². The van der Waals surface area contributed by atoms with Crippen LogP contribution in [-0.4, -0.2) is 33.0 Å². The van der Waals surface area contributed by atoms with Gasteiger partial charge < -0.3 is 10.1 Å². The molecule has 4 rings (SSSR count). The molecule has 4 unspecified atom stereocenters. The van der Waals surface area contributed by atoms with Gasteiger partial charge >= 0.3 is 0 Å². The third-order valence-electron chi connectivity index (χ3n) is 6.45. The minimum Gasteiger partial charge on any atom is -0.483 e. The van der Waals surface area contributed by atoms with Crippen molar-refractivity contribution in [1.29, 1.82) is 0 Å². The highest BCUT2D eigenvalue weighted by Gasteiger charge is 2.43. The zero-order valence-corrected chi connectivity index (χ0v) is 18.3. The maximum Gasteiger partial charge on any atom is 0.230 e. The molecular formula is C22H29FN4O2S. The molecule has 162 valence electrons. The van der Waals surface area contributed by atoms with Crippen molar-refractivity contribution in [2.45, 2.75) is 57.3 Å². The van der Waals surface area contributed by atoms with E-state index in [-0.39, 0.29) is 24.3 Å². The van der Waals surface area contributed by atoms with Crippen LogP contribution in [0.25, 0.3) is 0 Å². The van der Waals surface area contributed by atoms with Crippen molar-refractivity contribution in [3.8, 4) is 5.75 Å². The van der Waals surface area contributed by atoms with Gasteiger partial charge in [0.25, 0.3) is 0 Å². The normalized spacial score (nSPS) is 23.5. The van der Waals surface area contributed by atoms with Crippen LogP contribution in [0.3, 0.4) is 0 Å². The van der Waals surface area contributed by atoms with Gasteiger partial charge in [-0.25, -0.2) is 4.39 Å². The molecule has 2 aliphatic carbocycles. The van der Waals surface area contributed by atoms with Crippen molar-refractivity contribution in [1.82, 2.24) is 20.1 Å². The van der Waals surface area contributed by atoms with Gasteiger partial charge in [0.15, 0.2) is 22.5 Å². The lowest BCUT2D eigenvalue weighted by Gasteiger charge is -2.30. The van der Waals surface area contributed by atoms with Gasteiger partial charge in [0, 0.05) is 12.6 Å². The lowest BCUT2D eigenvalue weighted by molar-refractivity contribution is -0.118. The van der Waals surface area contributed by atoms with E-state index in [1.54, 1.807) is 18.2 Å². The molecule has 4 atom stereocenters. The molecule has 1 heterocycles. The van der Waals surface area contributed by atoms with Crippen molar-refractivity contribution in [3.05, 3.63) is 35.9 Å². The third-order valence-corrected chi connectivity index (χ3v) is 7.40. The zero-order chi connectivity index (χ0) is 21.1. The fraction of sp³-hybridized carbons (Fsp3) is 0.591. The van der Waals surface area contributed by atoms with E-state index < -0.39 is 5.82 Å². The molecule has 2 aliphatic rings. The Morgan fingerprint density at radius 1 is 1.33 bits per heavy atom. The molecule has 0 aliphatic heterocycles. The first-order valence-corrected chi connectivity index (χ1v) is 11.8. The topological polar surface area (TPSA) is 69.0 Å². The molecule has 2 bridgehead atoms. The standard InChI is InChI=1S/C22H29FN4O2S/c1-3-24-21(28)13-30-22-26-25-20(12-29-19-7-5-4-6-18(19)23)27(22)14(2)17-11-15-8-9-16(17)10-15/h4-7,14-17H,3,8-13H2,1-2H3,(H,24,28). The number of thioether (sulfide) groups is 1. The second-order valence-electron chi connectivity index (χ2n) is 8.31. The number of nitrogens with zero attached hydrogens (tertiary/aromatic N) is 3. The Kier molecular flexibility index (Phi) is 6.61. The van der Waals surface area contributed by atoms with Gasteiger partial charge in [0.2, 0.25) is 5.91 Å². The predicted octanol–water partition coefficient (Wildman–Crippen LogP) is 4.22. The van der Waals surface area contributed by atoms with E-state index in [9.17, 15) is 9.18 Å². The molecule has 2 aromatic rings. The Morgan fingerprint density at radius 3 is 2.87 bits per heavy atom. The average molecular weight is 433 g/mol. The number of amides is 1. The highest BCUT2D eigenvalue weighted by atomic mass is 32.2. The number of para-hydroxylation sites is 1. The molecule has 1 N–H and O–H groups in total. The van der Waals surface area contributed by atoms with Gasteiger partial charge in [-0.05, 0) is 63.0 Å². The van der Waals surface area contributed by atoms with Crippen LogP contribution in [-0.2, 0) is 11.4 Å². The number of hydrogen-bond acceptors (Lipinski definition) is 5. The van der Waals surface area contributed by atoms with E-state index in [2.05, 4.69) is 27.0 Å². The van der Waals surface area contributed by atoms with Crippen molar-refractivity contribution in [3.63, 3.8) is 0 Å². The SMILES string of the molecule is CCNC(=O)CSc1nnc(COc2ccccc2F)n1C(C)C1CC2CCC1C2. The van der Waals surface area contributed by atoms with Gasteiger partial charge in [-0.1, -0.05) is 30.3 Å². The molecule has 1 amide bonds. The van der Waals surface area contributed by atoms with Crippen LogP contribution in [0.5, 0.6) is 5.75 Å². The van der Waals surface area contributed by atoms with E-state index in [0.717, 1.165) is 17.0 Å². The van der Waals surface area contributed by atoms with Gasteiger partial charge in [-0.2, -0.15) is 0 Å². The number of carbonyl (C=O) groups is 1. The molecule has 2 fully saturated rings. The Morgan fingerprint density at radius 2 is 2.17 bits per heavy atom. The van der Waals surface area contributed by atoms with E-state index in [4.69, 9.17) is 4.74 Å². The van der Waals surface area contributed by atoms with Crippen molar-refractivity contribution >= 4 is 17.7 Å². The average Bonchev–Trinajstić information content (AvgIpc) is 3.47. The lowest BCUT2D eigenvalue weighted by atomic mass is 9.84. The molecule has 1 aromatic carbocycles. The van der Waals surface area contributed by atoms with Crippen LogP contribution in [0, 0.1) is 23.6 Å². The summed E-state index contributed by atoms with van der Waals surface area (Å²) in [7, 11) is 0. The van der Waals surface area contributed by atoms with Crippen molar-refractivity contribution < 1.29 is 13.9 Å². The number of hydrogen-bond donors (Lipinski definition) is 1. The van der Waals surface area contributed by atoms with Crippen LogP contribution in [0.2, 0.25) is 0 Å². The summed E-state index contributed by atoms with van der Waals surface area (Å²) in [5, 5.41) is 12.3. The molecular weight excluding hydrogens is 403 g/mol. The molecule has 0 spiro atoms. The number of ether oxygens (including phenoxy) is 1. The fourth-order valence-corrected chi connectivity index (χ4v) is 5.94. The minimum atomic E-state index is -0.393. The van der Waals surface area contributed by atoms with Crippen LogP contribution in [0.1, 0.15) is 51.4 Å². The first-order valence-electron chi connectivity index (χ1n) is 10.8. The number of benzene rings is 1. The minimum absolute atomic E-state index is 0.0196. The van der Waals surface area contributed by atoms with Gasteiger partial charge in [-0.3, -0.25) is 9.36 Å². The van der Waals surface area contributed by atoms with E-state index in [1.807, 2.05) is 6.92 Å². The number of nitrogens with one attached hydrogen (secondary N) is 1. The number of fused-ring (bicyclic) bond motifs is 2. The summed E-state index contributed by atoms with van der Waals surface area (Å²) in [6.45, 7) is 4.87. The fourth-order valence-electron chi connectivity index (χ4n) is 5.07. The lowest BCUT2D eigenvalue weighted by Crippen LogP contribution is -2.26. The summed E-state index contributed by atoms with van der Waals surface area (Å²) in [4.78, 5) is 12.0. The quantitative estimate of drug-likeness (QED) is 0.601. The second kappa shape index (κ2) is 9.37.